The first kappa shape index (κ1) is 15.7. The third kappa shape index (κ3) is 2.96. The number of benzene rings is 2. The summed E-state index contributed by atoms with van der Waals surface area (Å²) >= 11 is 0. The lowest BCUT2D eigenvalue weighted by atomic mass is 9.86. The number of likely N-dealkylation sites (tertiary alicyclic amines) is 1. The van der Waals surface area contributed by atoms with E-state index in [2.05, 4.69) is 10.2 Å². The molecule has 0 radical (unpaired) electrons. The molecular formula is C20H22F2N2. The van der Waals surface area contributed by atoms with E-state index >= 15 is 0 Å². The van der Waals surface area contributed by atoms with Crippen LogP contribution in [0.2, 0.25) is 0 Å². The maximum Gasteiger partial charge on any atom is 0.127 e. The molecule has 2 fully saturated rings. The van der Waals surface area contributed by atoms with E-state index < -0.39 is 0 Å². The molecule has 126 valence electrons. The summed E-state index contributed by atoms with van der Waals surface area (Å²) in [5.41, 5.74) is 1.92. The minimum absolute atomic E-state index is 0.135. The van der Waals surface area contributed by atoms with E-state index in [0.717, 1.165) is 37.1 Å². The molecule has 0 unspecified atom stereocenters. The summed E-state index contributed by atoms with van der Waals surface area (Å²) in [6.45, 7) is 2.51. The second-order valence-corrected chi connectivity index (χ2v) is 6.87. The lowest BCUT2D eigenvalue weighted by molar-refractivity contribution is 0.119. The number of rotatable bonds is 3. The van der Waals surface area contributed by atoms with Crippen LogP contribution in [0.3, 0.4) is 0 Å². The van der Waals surface area contributed by atoms with Gasteiger partial charge in [0.1, 0.15) is 11.6 Å². The molecule has 3 atom stereocenters. The second-order valence-electron chi connectivity index (χ2n) is 6.87. The minimum atomic E-state index is -0.201. The molecule has 2 heterocycles. The number of halogens is 2. The molecule has 24 heavy (non-hydrogen) atoms. The third-order valence-corrected chi connectivity index (χ3v) is 5.44. The zero-order chi connectivity index (χ0) is 16.5. The Morgan fingerprint density at radius 1 is 1.04 bits per heavy atom. The number of hydrogen-bond acceptors (Lipinski definition) is 2. The number of fused-ring (bicyclic) bond motifs is 1. The van der Waals surface area contributed by atoms with Gasteiger partial charge < -0.3 is 5.32 Å². The van der Waals surface area contributed by atoms with E-state index in [1.807, 2.05) is 24.3 Å². The van der Waals surface area contributed by atoms with Gasteiger partial charge in [-0.2, -0.15) is 0 Å². The van der Waals surface area contributed by atoms with Crippen molar-refractivity contribution in [2.45, 2.75) is 37.4 Å². The van der Waals surface area contributed by atoms with Gasteiger partial charge in [-0.1, -0.05) is 30.3 Å². The molecule has 0 aliphatic carbocycles. The first-order chi connectivity index (χ1) is 11.7. The molecule has 1 N–H and O–H groups in total. The van der Waals surface area contributed by atoms with Crippen LogP contribution >= 0.6 is 0 Å². The Morgan fingerprint density at radius 2 is 1.83 bits per heavy atom. The summed E-state index contributed by atoms with van der Waals surface area (Å²) in [6.07, 6.45) is 2.27. The zero-order valence-electron chi connectivity index (χ0n) is 13.6. The molecule has 2 saturated heterocycles. The predicted octanol–water partition coefficient (Wildman–Crippen LogP) is 3.68. The van der Waals surface area contributed by atoms with Crippen LogP contribution in [0.25, 0.3) is 0 Å². The van der Waals surface area contributed by atoms with Crippen LogP contribution in [0.15, 0.2) is 48.5 Å². The normalized spacial score (nSPS) is 27.2. The van der Waals surface area contributed by atoms with Crippen molar-refractivity contribution in [3.05, 3.63) is 71.3 Å². The van der Waals surface area contributed by atoms with Crippen molar-refractivity contribution >= 4 is 0 Å². The average molecular weight is 328 g/mol. The average Bonchev–Trinajstić information content (AvgIpc) is 3.03. The molecule has 0 bridgehead atoms. The van der Waals surface area contributed by atoms with Crippen LogP contribution in [0.5, 0.6) is 0 Å². The molecule has 4 rings (SSSR count). The lowest BCUT2D eigenvalue weighted by Crippen LogP contribution is -2.49. The highest BCUT2D eigenvalue weighted by Gasteiger charge is 2.42. The van der Waals surface area contributed by atoms with Gasteiger partial charge in [-0.05, 0) is 43.1 Å². The van der Waals surface area contributed by atoms with E-state index in [4.69, 9.17) is 0 Å². The molecule has 2 aliphatic heterocycles. The number of nitrogens with zero attached hydrogens (tertiary/aromatic N) is 1. The van der Waals surface area contributed by atoms with Crippen LogP contribution in [-0.2, 0) is 6.54 Å². The Kier molecular flexibility index (Phi) is 4.33. The summed E-state index contributed by atoms with van der Waals surface area (Å²) in [5.74, 6) is -0.0142. The molecule has 4 heteroatoms. The standard InChI is InChI=1S/C20H22F2N2/c21-16-9-7-14(8-10-16)17-12-23-19-6-3-11-24(20(17)19)13-15-4-1-2-5-18(15)22/h1-2,4-5,7-10,17,19-20,23H,3,6,11-13H2/t17-,19-,20-/m1/s1. The van der Waals surface area contributed by atoms with Gasteiger partial charge in [0.2, 0.25) is 0 Å². The molecule has 0 spiro atoms. The van der Waals surface area contributed by atoms with Gasteiger partial charge in [-0.15, -0.1) is 0 Å². The molecule has 2 nitrogen and oxygen atoms in total. The van der Waals surface area contributed by atoms with Gasteiger partial charge in [0.25, 0.3) is 0 Å². The smallest absolute Gasteiger partial charge is 0.127 e. The first-order valence-corrected chi connectivity index (χ1v) is 8.68. The monoisotopic (exact) mass is 328 g/mol. The topological polar surface area (TPSA) is 15.3 Å². The highest BCUT2D eigenvalue weighted by atomic mass is 19.1. The number of hydrogen-bond donors (Lipinski definition) is 1. The highest BCUT2D eigenvalue weighted by molar-refractivity contribution is 5.26. The fourth-order valence-electron chi connectivity index (χ4n) is 4.30. The SMILES string of the molecule is Fc1ccc([C@H]2CN[C@@H]3CCCN(Cc4ccccc4F)[C@H]23)cc1. The molecule has 2 aliphatic rings. The van der Waals surface area contributed by atoms with Gasteiger partial charge >= 0.3 is 0 Å². The molecule has 0 saturated carbocycles. The van der Waals surface area contributed by atoms with Crippen LogP contribution in [0, 0.1) is 11.6 Å². The predicted molar refractivity (Wildman–Crippen MR) is 90.8 cm³/mol. The Morgan fingerprint density at radius 3 is 2.62 bits per heavy atom. The quantitative estimate of drug-likeness (QED) is 0.924. The van der Waals surface area contributed by atoms with Gasteiger partial charge in [-0.25, -0.2) is 8.78 Å². The molecule has 0 aromatic heterocycles. The van der Waals surface area contributed by atoms with Crippen molar-refractivity contribution in [1.82, 2.24) is 10.2 Å². The number of nitrogens with one attached hydrogen (secondary N) is 1. The van der Waals surface area contributed by atoms with Crippen LogP contribution in [-0.4, -0.2) is 30.1 Å². The largest absolute Gasteiger partial charge is 0.312 e. The molecule has 2 aromatic carbocycles. The third-order valence-electron chi connectivity index (χ3n) is 5.44. The summed E-state index contributed by atoms with van der Waals surface area (Å²) in [7, 11) is 0. The summed E-state index contributed by atoms with van der Waals surface area (Å²) in [6, 6.07) is 14.6. The zero-order valence-corrected chi connectivity index (χ0v) is 13.6. The second kappa shape index (κ2) is 6.61. The van der Waals surface area contributed by atoms with Gasteiger partial charge in [-0.3, -0.25) is 4.90 Å². The summed E-state index contributed by atoms with van der Waals surface area (Å²) < 4.78 is 27.3. The van der Waals surface area contributed by atoms with Crippen molar-refractivity contribution in [1.29, 1.82) is 0 Å². The van der Waals surface area contributed by atoms with Crippen LogP contribution < -0.4 is 5.32 Å². The Hall–Kier alpha value is -1.78. The number of piperidine rings is 1. The van der Waals surface area contributed by atoms with E-state index in [1.54, 1.807) is 6.07 Å². The van der Waals surface area contributed by atoms with Crippen molar-refractivity contribution in [2.24, 2.45) is 0 Å². The Labute approximate surface area is 141 Å². The van der Waals surface area contributed by atoms with Crippen molar-refractivity contribution < 1.29 is 8.78 Å². The van der Waals surface area contributed by atoms with E-state index in [9.17, 15) is 8.78 Å². The van der Waals surface area contributed by atoms with E-state index in [0.29, 0.717) is 24.5 Å². The maximum absolute atomic E-state index is 14.1. The van der Waals surface area contributed by atoms with E-state index in [-0.39, 0.29) is 11.6 Å². The van der Waals surface area contributed by atoms with Crippen LogP contribution in [0.4, 0.5) is 8.78 Å². The van der Waals surface area contributed by atoms with Crippen molar-refractivity contribution in [3.63, 3.8) is 0 Å². The van der Waals surface area contributed by atoms with Gasteiger partial charge in [0.15, 0.2) is 0 Å². The maximum atomic E-state index is 14.1. The van der Waals surface area contributed by atoms with Crippen LogP contribution in [0.1, 0.15) is 29.9 Å². The highest BCUT2D eigenvalue weighted by Crippen LogP contribution is 2.36. The van der Waals surface area contributed by atoms with Crippen molar-refractivity contribution in [2.75, 3.05) is 13.1 Å². The lowest BCUT2D eigenvalue weighted by Gasteiger charge is -2.40. The molecule has 2 aromatic rings. The molecule has 0 amide bonds. The van der Waals surface area contributed by atoms with Gasteiger partial charge in [0.05, 0.1) is 0 Å². The van der Waals surface area contributed by atoms with Crippen molar-refractivity contribution in [3.8, 4) is 0 Å². The summed E-state index contributed by atoms with van der Waals surface area (Å²) in [5, 5.41) is 3.62. The fraction of sp³-hybridized carbons (Fsp3) is 0.400. The molecular weight excluding hydrogens is 306 g/mol. The minimum Gasteiger partial charge on any atom is -0.312 e. The Bertz CT molecular complexity index is 701. The fourth-order valence-corrected chi connectivity index (χ4v) is 4.30. The van der Waals surface area contributed by atoms with Gasteiger partial charge in [0, 0.05) is 36.7 Å². The summed E-state index contributed by atoms with van der Waals surface area (Å²) in [4.78, 5) is 2.40. The first-order valence-electron chi connectivity index (χ1n) is 8.68. The van der Waals surface area contributed by atoms with E-state index in [1.165, 1.54) is 18.2 Å². The Balaban J connectivity index is 1.60.